The fourth-order valence-electron chi connectivity index (χ4n) is 8.55. The Morgan fingerprint density at radius 3 is 2.38 bits per heavy atom. The van der Waals surface area contributed by atoms with Gasteiger partial charge in [-0.05, 0) is 57.3 Å². The third-order valence-electron chi connectivity index (χ3n) is 10.3. The maximum absolute atomic E-state index is 13.7. The third kappa shape index (κ3) is 1.81. The molecule has 1 unspecified atom stereocenters. The highest BCUT2D eigenvalue weighted by Crippen LogP contribution is 2.76. The van der Waals surface area contributed by atoms with E-state index in [1.165, 1.54) is 13.8 Å². The van der Waals surface area contributed by atoms with E-state index in [-0.39, 0.29) is 24.6 Å². The van der Waals surface area contributed by atoms with Gasteiger partial charge in [-0.2, -0.15) is 0 Å². The molecule has 4 heterocycles. The minimum atomic E-state index is -2.31. The fourth-order valence-corrected chi connectivity index (χ4v) is 8.55. The van der Waals surface area contributed by atoms with Crippen LogP contribution in [0.4, 0.5) is 0 Å². The summed E-state index contributed by atoms with van der Waals surface area (Å²) in [5.41, 5.74) is -7.34. The van der Waals surface area contributed by atoms with Crippen LogP contribution in [0.25, 0.3) is 0 Å². The minimum absolute atomic E-state index is 0.0835. The molecule has 9 heteroatoms. The van der Waals surface area contributed by atoms with Gasteiger partial charge in [0.1, 0.15) is 23.2 Å². The molecule has 2 bridgehead atoms. The van der Waals surface area contributed by atoms with Crippen LogP contribution in [0.2, 0.25) is 0 Å². The van der Waals surface area contributed by atoms with Crippen molar-refractivity contribution in [3.8, 4) is 0 Å². The molecule has 2 aliphatic carbocycles. The van der Waals surface area contributed by atoms with Gasteiger partial charge in [0.15, 0.2) is 5.60 Å². The lowest BCUT2D eigenvalue weighted by atomic mass is 9.37. The number of ether oxygens (including phenoxy) is 4. The van der Waals surface area contributed by atoms with Gasteiger partial charge in [0.25, 0.3) is 0 Å². The van der Waals surface area contributed by atoms with Crippen molar-refractivity contribution < 1.29 is 43.5 Å². The Morgan fingerprint density at radius 1 is 1.03 bits per heavy atom. The van der Waals surface area contributed by atoms with Crippen LogP contribution in [0.5, 0.6) is 0 Å². The van der Waals surface area contributed by atoms with Crippen LogP contribution in [0.3, 0.4) is 0 Å². The van der Waals surface area contributed by atoms with Gasteiger partial charge in [0, 0.05) is 5.41 Å². The van der Waals surface area contributed by atoms with E-state index < -0.39 is 63.3 Å². The van der Waals surface area contributed by atoms with Crippen molar-refractivity contribution in [2.75, 3.05) is 6.61 Å². The van der Waals surface area contributed by atoms with E-state index in [0.29, 0.717) is 18.4 Å². The van der Waals surface area contributed by atoms with Gasteiger partial charge in [0.05, 0.1) is 24.5 Å². The summed E-state index contributed by atoms with van der Waals surface area (Å²) < 4.78 is 23.2. The van der Waals surface area contributed by atoms with E-state index in [2.05, 4.69) is 6.58 Å². The molecular weight excluding hydrogens is 444 g/mol. The second-order valence-electron chi connectivity index (χ2n) is 11.6. The number of cyclic esters (lactones) is 2. The molecule has 4 aliphatic heterocycles. The van der Waals surface area contributed by atoms with Crippen molar-refractivity contribution in [3.05, 3.63) is 23.3 Å². The normalized spacial score (nSPS) is 52.7. The number of hydrogen-bond acceptors (Lipinski definition) is 9. The molecule has 0 aromatic heterocycles. The van der Waals surface area contributed by atoms with Crippen LogP contribution < -0.4 is 0 Å². The van der Waals surface area contributed by atoms with Crippen molar-refractivity contribution in [3.63, 3.8) is 0 Å². The van der Waals surface area contributed by atoms with Gasteiger partial charge in [-0.3, -0.25) is 9.59 Å². The zero-order valence-corrected chi connectivity index (χ0v) is 20.0. The second-order valence-corrected chi connectivity index (χ2v) is 11.6. The molecule has 9 nitrogen and oxygen atoms in total. The Kier molecular flexibility index (Phi) is 3.77. The second kappa shape index (κ2) is 5.77. The molecule has 4 saturated heterocycles. The lowest BCUT2D eigenvalue weighted by Crippen LogP contribution is -2.78. The van der Waals surface area contributed by atoms with E-state index in [4.69, 9.17) is 18.9 Å². The predicted octanol–water partition coefficient (Wildman–Crippen LogP) is 1.10. The Balaban J connectivity index is 1.71. The fraction of sp³-hybridized carbons (Fsp3) is 0.720. The number of carbonyl (C=O) groups excluding carboxylic acids is 3. The van der Waals surface area contributed by atoms with Gasteiger partial charge in [0.2, 0.25) is 5.60 Å². The molecule has 0 radical (unpaired) electrons. The average Bonchev–Trinajstić information content (AvgIpc) is 3.20. The number of esters is 3. The Hall–Kier alpha value is -2.23. The molecule has 0 aromatic carbocycles. The predicted molar refractivity (Wildman–Crippen MR) is 114 cm³/mol. The van der Waals surface area contributed by atoms with Gasteiger partial charge >= 0.3 is 17.9 Å². The molecule has 2 spiro atoms. The average molecular weight is 475 g/mol. The summed E-state index contributed by atoms with van der Waals surface area (Å²) in [5.74, 6) is -2.10. The molecule has 5 fully saturated rings. The molecule has 8 atom stereocenters. The summed E-state index contributed by atoms with van der Waals surface area (Å²) in [6.45, 7) is 12.7. The minimum Gasteiger partial charge on any atom is -0.459 e. The highest BCUT2D eigenvalue weighted by Gasteiger charge is 2.87. The summed E-state index contributed by atoms with van der Waals surface area (Å²) >= 11 is 0. The van der Waals surface area contributed by atoms with Crippen LogP contribution in [0.1, 0.15) is 53.9 Å². The number of hydrogen-bond donors (Lipinski definition) is 2. The number of carbonyl (C=O) groups is 3. The molecule has 0 aromatic rings. The molecular formula is C25H30O9. The maximum atomic E-state index is 13.7. The summed E-state index contributed by atoms with van der Waals surface area (Å²) in [6.07, 6.45) is -2.11. The SMILES string of the molecule is C=C1[C@@]23C(=O)O[C@H](C)[C@@]2(O)C(=O)O[C@]1(C)[C@@H](O)C1=C2COC4CC(=O)OC(C)(C)[C@@]24CC[C@@]13C. The molecule has 1 saturated carbocycles. The highest BCUT2D eigenvalue weighted by atomic mass is 16.6. The van der Waals surface area contributed by atoms with Crippen LogP contribution >= 0.6 is 0 Å². The molecule has 6 rings (SSSR count). The van der Waals surface area contributed by atoms with E-state index in [1.54, 1.807) is 6.92 Å². The van der Waals surface area contributed by atoms with Gasteiger partial charge in [-0.25, -0.2) is 4.79 Å². The molecule has 184 valence electrons. The van der Waals surface area contributed by atoms with Crippen molar-refractivity contribution in [1.82, 2.24) is 0 Å². The van der Waals surface area contributed by atoms with Crippen LogP contribution in [0, 0.1) is 16.2 Å². The van der Waals surface area contributed by atoms with Gasteiger partial charge < -0.3 is 29.2 Å². The largest absolute Gasteiger partial charge is 0.459 e. The van der Waals surface area contributed by atoms with E-state index in [1.807, 2.05) is 13.8 Å². The van der Waals surface area contributed by atoms with Crippen molar-refractivity contribution in [1.29, 1.82) is 0 Å². The lowest BCUT2D eigenvalue weighted by Gasteiger charge is -2.67. The first-order chi connectivity index (χ1) is 15.7. The number of fused-ring (bicyclic) bond motifs is 2. The van der Waals surface area contributed by atoms with Crippen molar-refractivity contribution in [2.45, 2.75) is 89.0 Å². The smallest absolute Gasteiger partial charge is 0.344 e. The quantitative estimate of drug-likeness (QED) is 0.301. The van der Waals surface area contributed by atoms with Crippen molar-refractivity contribution >= 4 is 17.9 Å². The number of rotatable bonds is 0. The first kappa shape index (κ1) is 22.2. The Morgan fingerprint density at radius 2 is 1.71 bits per heavy atom. The van der Waals surface area contributed by atoms with Crippen molar-refractivity contribution in [2.24, 2.45) is 16.2 Å². The van der Waals surface area contributed by atoms with Gasteiger partial charge in [-0.15, -0.1) is 0 Å². The third-order valence-corrected chi connectivity index (χ3v) is 10.3. The topological polar surface area (TPSA) is 129 Å². The van der Waals surface area contributed by atoms with E-state index in [0.717, 1.165) is 5.57 Å². The van der Waals surface area contributed by atoms with Crippen LogP contribution in [-0.2, 0) is 33.3 Å². The molecule has 6 aliphatic rings. The van der Waals surface area contributed by atoms with Crippen LogP contribution in [-0.4, -0.2) is 69.8 Å². The molecule has 0 amide bonds. The zero-order chi connectivity index (χ0) is 24.9. The summed E-state index contributed by atoms with van der Waals surface area (Å²) in [5, 5.41) is 23.8. The monoisotopic (exact) mass is 474 g/mol. The first-order valence-corrected chi connectivity index (χ1v) is 11.8. The molecule has 2 N–H and O–H groups in total. The standard InChI is InChI=1S/C25H30O9/c1-11-22(6)17(27)16-13-10-31-14-9-15(26)33-20(3,4)23(13,14)8-7-21(16,5)24(11)18(28)32-12(2)25(24,30)19(29)34-22/h12,14,17,27,30H,1,7-10H2,2-6H3/t12-,14?,17+,21+,22+,23+,24+,25-/m1/s1. The number of aliphatic hydroxyl groups excluding tert-OH is 1. The van der Waals surface area contributed by atoms with Gasteiger partial charge in [-0.1, -0.05) is 13.5 Å². The summed E-state index contributed by atoms with van der Waals surface area (Å²) in [6, 6.07) is 0. The highest BCUT2D eigenvalue weighted by molar-refractivity contribution is 6.01. The molecule has 34 heavy (non-hydrogen) atoms. The first-order valence-electron chi connectivity index (χ1n) is 11.8. The van der Waals surface area contributed by atoms with E-state index >= 15 is 0 Å². The lowest BCUT2D eigenvalue weighted by molar-refractivity contribution is -0.243. The Labute approximate surface area is 197 Å². The van der Waals surface area contributed by atoms with Crippen LogP contribution in [0.15, 0.2) is 23.3 Å². The number of aliphatic hydroxyl groups is 2. The summed E-state index contributed by atoms with van der Waals surface area (Å²) in [7, 11) is 0. The summed E-state index contributed by atoms with van der Waals surface area (Å²) in [4.78, 5) is 39.4. The zero-order valence-electron chi connectivity index (χ0n) is 20.0. The van der Waals surface area contributed by atoms with E-state index in [9.17, 15) is 24.6 Å². The Bertz CT molecular complexity index is 1140. The maximum Gasteiger partial charge on any atom is 0.344 e.